The average Bonchev–Trinajstić information content (AvgIpc) is 3.21. The standard InChI is InChI=1S/C51H101NO6/c1-5-9-13-15-22-34-47(32-20-11-7-3)36-30-39-50(55)57-44-28-18-17-25-41-52(42-26-19-27-43-53)46-49(54)38-24-29-45-58-51(56)40-31-37-48(33-21-12-8-4)35-23-16-14-10-6-2/h47-49,53-54H,5-46H2,1-4H3. The number of carbonyl (C=O) groups excluding carboxylic acids is 2. The van der Waals surface area contributed by atoms with Crippen molar-refractivity contribution in [1.82, 2.24) is 4.90 Å². The van der Waals surface area contributed by atoms with E-state index in [1.54, 1.807) is 0 Å². The van der Waals surface area contributed by atoms with E-state index in [2.05, 4.69) is 32.6 Å². The van der Waals surface area contributed by atoms with E-state index >= 15 is 0 Å². The molecule has 0 spiro atoms. The number of aliphatic hydroxyl groups excluding tert-OH is 2. The van der Waals surface area contributed by atoms with E-state index in [0.29, 0.717) is 39.0 Å². The summed E-state index contributed by atoms with van der Waals surface area (Å²) >= 11 is 0. The second-order valence-electron chi connectivity index (χ2n) is 18.0. The summed E-state index contributed by atoms with van der Waals surface area (Å²) < 4.78 is 11.2. The van der Waals surface area contributed by atoms with Crippen LogP contribution in [-0.2, 0) is 19.1 Å². The SMILES string of the molecule is CCCCCCCC(CCCCC)CCCC(=O)OCCCCCCN(CCCCCO)CC(O)CCCCOC(=O)CCCC(CCCCC)CCCCCCC. The summed E-state index contributed by atoms with van der Waals surface area (Å²) in [5.41, 5.74) is 0. The van der Waals surface area contributed by atoms with Gasteiger partial charge in [0, 0.05) is 26.0 Å². The molecule has 346 valence electrons. The molecule has 0 amide bonds. The van der Waals surface area contributed by atoms with Gasteiger partial charge in [0.25, 0.3) is 0 Å². The number of rotatable bonds is 47. The third-order valence-electron chi connectivity index (χ3n) is 12.3. The minimum Gasteiger partial charge on any atom is -0.466 e. The van der Waals surface area contributed by atoms with Gasteiger partial charge in [-0.3, -0.25) is 9.59 Å². The summed E-state index contributed by atoms with van der Waals surface area (Å²) in [6.45, 7) is 12.8. The van der Waals surface area contributed by atoms with Crippen LogP contribution in [0.15, 0.2) is 0 Å². The summed E-state index contributed by atoms with van der Waals surface area (Å²) in [6, 6.07) is 0. The Morgan fingerprint density at radius 1 is 0.431 bits per heavy atom. The molecule has 0 rings (SSSR count). The Kier molecular flexibility index (Phi) is 44.4. The highest BCUT2D eigenvalue weighted by Gasteiger charge is 2.14. The molecule has 0 aromatic rings. The highest BCUT2D eigenvalue weighted by Crippen LogP contribution is 2.25. The van der Waals surface area contributed by atoms with E-state index in [-0.39, 0.29) is 18.5 Å². The van der Waals surface area contributed by atoms with Crippen LogP contribution in [0.5, 0.6) is 0 Å². The topological polar surface area (TPSA) is 96.3 Å². The molecule has 2 N–H and O–H groups in total. The Balaban J connectivity index is 4.28. The molecule has 0 heterocycles. The Labute approximate surface area is 361 Å². The van der Waals surface area contributed by atoms with Crippen molar-refractivity contribution in [2.45, 2.75) is 265 Å². The molecular weight excluding hydrogens is 723 g/mol. The molecule has 0 saturated carbocycles. The summed E-state index contributed by atoms with van der Waals surface area (Å²) in [7, 11) is 0. The lowest BCUT2D eigenvalue weighted by Crippen LogP contribution is -2.34. The van der Waals surface area contributed by atoms with Gasteiger partial charge < -0.3 is 24.6 Å². The number of nitrogens with zero attached hydrogens (tertiary/aromatic N) is 1. The van der Waals surface area contributed by atoms with E-state index in [0.717, 1.165) is 108 Å². The number of hydrogen-bond acceptors (Lipinski definition) is 7. The zero-order valence-electron chi connectivity index (χ0n) is 39.4. The molecule has 0 saturated heterocycles. The lowest BCUT2D eigenvalue weighted by Gasteiger charge is -2.25. The molecule has 3 atom stereocenters. The van der Waals surface area contributed by atoms with Gasteiger partial charge >= 0.3 is 11.9 Å². The Bertz CT molecular complexity index is 855. The molecule has 0 aromatic heterocycles. The van der Waals surface area contributed by atoms with Crippen LogP contribution in [0, 0.1) is 11.8 Å². The maximum atomic E-state index is 12.4. The smallest absolute Gasteiger partial charge is 0.305 e. The molecule has 0 aliphatic rings. The Morgan fingerprint density at radius 2 is 0.776 bits per heavy atom. The van der Waals surface area contributed by atoms with Gasteiger partial charge in [0.05, 0.1) is 19.3 Å². The van der Waals surface area contributed by atoms with Gasteiger partial charge in [-0.15, -0.1) is 0 Å². The fourth-order valence-electron chi connectivity index (χ4n) is 8.47. The fourth-order valence-corrected chi connectivity index (χ4v) is 8.47. The van der Waals surface area contributed by atoms with Crippen LogP contribution in [0.1, 0.15) is 259 Å². The molecule has 58 heavy (non-hydrogen) atoms. The first kappa shape index (κ1) is 56.8. The second kappa shape index (κ2) is 45.3. The molecule has 0 aliphatic carbocycles. The first-order valence-electron chi connectivity index (χ1n) is 25.7. The molecule has 7 heteroatoms. The van der Waals surface area contributed by atoms with Crippen LogP contribution >= 0.6 is 0 Å². The normalized spacial score (nSPS) is 13.2. The third-order valence-corrected chi connectivity index (χ3v) is 12.3. The van der Waals surface area contributed by atoms with Crippen molar-refractivity contribution in [3.63, 3.8) is 0 Å². The van der Waals surface area contributed by atoms with Crippen molar-refractivity contribution in [2.75, 3.05) is 39.5 Å². The van der Waals surface area contributed by atoms with Crippen LogP contribution in [-0.4, -0.2) is 72.6 Å². The first-order valence-corrected chi connectivity index (χ1v) is 25.7. The molecule has 0 aliphatic heterocycles. The summed E-state index contributed by atoms with van der Waals surface area (Å²) in [6.07, 6.45) is 40.6. The molecular formula is C51H101NO6. The monoisotopic (exact) mass is 824 g/mol. The van der Waals surface area contributed by atoms with E-state index in [4.69, 9.17) is 9.47 Å². The van der Waals surface area contributed by atoms with Crippen molar-refractivity contribution in [1.29, 1.82) is 0 Å². The van der Waals surface area contributed by atoms with Crippen molar-refractivity contribution in [2.24, 2.45) is 11.8 Å². The van der Waals surface area contributed by atoms with Crippen molar-refractivity contribution in [3.8, 4) is 0 Å². The molecule has 0 radical (unpaired) electrons. The highest BCUT2D eigenvalue weighted by molar-refractivity contribution is 5.69. The van der Waals surface area contributed by atoms with Crippen LogP contribution in [0.25, 0.3) is 0 Å². The maximum Gasteiger partial charge on any atom is 0.305 e. The van der Waals surface area contributed by atoms with Crippen molar-refractivity contribution >= 4 is 11.9 Å². The summed E-state index contributed by atoms with van der Waals surface area (Å²) in [5, 5.41) is 20.1. The van der Waals surface area contributed by atoms with Crippen molar-refractivity contribution in [3.05, 3.63) is 0 Å². The van der Waals surface area contributed by atoms with Crippen molar-refractivity contribution < 1.29 is 29.3 Å². The molecule has 0 aromatic carbocycles. The molecule has 3 unspecified atom stereocenters. The van der Waals surface area contributed by atoms with Gasteiger partial charge in [0.15, 0.2) is 0 Å². The van der Waals surface area contributed by atoms with E-state index < -0.39 is 6.10 Å². The minimum absolute atomic E-state index is 0.0308. The quantitative estimate of drug-likeness (QED) is 0.0466. The first-order chi connectivity index (χ1) is 28.4. The number of unbranched alkanes of at least 4 members (excludes halogenated alkanes) is 18. The number of aliphatic hydroxyl groups is 2. The average molecular weight is 824 g/mol. The molecule has 0 bridgehead atoms. The van der Waals surface area contributed by atoms with Gasteiger partial charge in [-0.2, -0.15) is 0 Å². The predicted octanol–water partition coefficient (Wildman–Crippen LogP) is 14.1. The van der Waals surface area contributed by atoms with Gasteiger partial charge in [-0.1, -0.05) is 169 Å². The fraction of sp³-hybridized carbons (Fsp3) is 0.961. The summed E-state index contributed by atoms with van der Waals surface area (Å²) in [5.74, 6) is 1.42. The predicted molar refractivity (Wildman–Crippen MR) is 247 cm³/mol. The number of esters is 2. The van der Waals surface area contributed by atoms with Crippen LogP contribution in [0.3, 0.4) is 0 Å². The van der Waals surface area contributed by atoms with Gasteiger partial charge in [-0.25, -0.2) is 0 Å². The number of carbonyl (C=O) groups is 2. The minimum atomic E-state index is -0.392. The largest absolute Gasteiger partial charge is 0.466 e. The van der Waals surface area contributed by atoms with Gasteiger partial charge in [0.1, 0.15) is 0 Å². The van der Waals surface area contributed by atoms with E-state index in [9.17, 15) is 19.8 Å². The molecule has 0 fully saturated rings. The highest BCUT2D eigenvalue weighted by atomic mass is 16.5. The zero-order chi connectivity index (χ0) is 42.6. The van der Waals surface area contributed by atoms with Crippen LogP contribution < -0.4 is 0 Å². The Hall–Kier alpha value is -1.18. The number of ether oxygens (including phenoxy) is 2. The third kappa shape index (κ3) is 40.2. The van der Waals surface area contributed by atoms with Gasteiger partial charge in [0.2, 0.25) is 0 Å². The zero-order valence-corrected chi connectivity index (χ0v) is 39.4. The molecule has 7 nitrogen and oxygen atoms in total. The second-order valence-corrected chi connectivity index (χ2v) is 18.0. The lowest BCUT2D eigenvalue weighted by molar-refractivity contribution is -0.144. The number of hydrogen-bond donors (Lipinski definition) is 2. The van der Waals surface area contributed by atoms with Crippen LogP contribution in [0.2, 0.25) is 0 Å². The summed E-state index contributed by atoms with van der Waals surface area (Å²) in [4.78, 5) is 27.3. The van der Waals surface area contributed by atoms with Crippen LogP contribution in [0.4, 0.5) is 0 Å². The Morgan fingerprint density at radius 3 is 1.24 bits per heavy atom. The van der Waals surface area contributed by atoms with Gasteiger partial charge in [-0.05, 0) is 102 Å². The van der Waals surface area contributed by atoms with E-state index in [1.807, 2.05) is 0 Å². The lowest BCUT2D eigenvalue weighted by atomic mass is 9.90. The maximum absolute atomic E-state index is 12.4. The van der Waals surface area contributed by atoms with E-state index in [1.165, 1.54) is 128 Å².